The van der Waals surface area contributed by atoms with Gasteiger partial charge in [-0.15, -0.1) is 11.3 Å². The van der Waals surface area contributed by atoms with Crippen LogP contribution in [0.15, 0.2) is 30.6 Å². The fourth-order valence-electron chi connectivity index (χ4n) is 2.50. The lowest BCUT2D eigenvalue weighted by Crippen LogP contribution is -2.09. The zero-order valence-electron chi connectivity index (χ0n) is 15.1. The Labute approximate surface area is 159 Å². The molecular weight excluding hydrogens is 368 g/mol. The number of esters is 1. The number of aryl methyl sites for hydroxylation is 1. The Morgan fingerprint density at radius 1 is 1.37 bits per heavy atom. The monoisotopic (exact) mass is 386 g/mol. The molecule has 0 atom stereocenters. The van der Waals surface area contributed by atoms with Gasteiger partial charge in [-0.2, -0.15) is 0 Å². The van der Waals surface area contributed by atoms with Crippen molar-refractivity contribution in [2.75, 3.05) is 11.9 Å². The van der Waals surface area contributed by atoms with Gasteiger partial charge in [0.05, 0.1) is 16.9 Å². The molecule has 0 spiro atoms. The van der Waals surface area contributed by atoms with Crippen molar-refractivity contribution in [1.29, 1.82) is 0 Å². The molecule has 0 bridgehead atoms. The van der Waals surface area contributed by atoms with Crippen molar-refractivity contribution >= 4 is 44.7 Å². The first-order chi connectivity index (χ1) is 12.9. The molecule has 2 heterocycles. The van der Waals surface area contributed by atoms with Crippen LogP contribution in [0.3, 0.4) is 0 Å². The van der Waals surface area contributed by atoms with Crippen LogP contribution in [0.2, 0.25) is 0 Å². The van der Waals surface area contributed by atoms with E-state index in [1.807, 2.05) is 20.8 Å². The number of hydrogen-bond donors (Lipinski definition) is 1. The molecule has 1 aromatic carbocycles. The molecule has 0 saturated heterocycles. The second-order valence-electron chi connectivity index (χ2n) is 6.38. The summed E-state index contributed by atoms with van der Waals surface area (Å²) in [6, 6.07) is 6.14. The average Bonchev–Trinajstić information content (AvgIpc) is 2.98. The Morgan fingerprint density at radius 3 is 2.85 bits per heavy atom. The van der Waals surface area contributed by atoms with Crippen LogP contribution in [0.1, 0.15) is 29.1 Å². The molecule has 0 saturated carbocycles. The van der Waals surface area contributed by atoms with Crippen LogP contribution in [0.4, 0.5) is 17.2 Å². The summed E-state index contributed by atoms with van der Waals surface area (Å²) >= 11 is 1.24. The highest BCUT2D eigenvalue weighted by atomic mass is 32.1. The Morgan fingerprint density at radius 2 is 2.15 bits per heavy atom. The molecule has 0 amide bonds. The first kappa shape index (κ1) is 18.7. The van der Waals surface area contributed by atoms with Crippen molar-refractivity contribution in [3.8, 4) is 0 Å². The fourth-order valence-corrected chi connectivity index (χ4v) is 3.55. The van der Waals surface area contributed by atoms with Gasteiger partial charge in [0.1, 0.15) is 21.9 Å². The number of carbonyl (C=O) groups excluding carboxylic acids is 1. The highest BCUT2D eigenvalue weighted by Gasteiger charge is 2.21. The zero-order chi connectivity index (χ0) is 19.6. The number of non-ortho nitro benzene ring substituents is 1. The molecule has 8 nitrogen and oxygen atoms in total. The second-order valence-corrected chi connectivity index (χ2v) is 7.38. The van der Waals surface area contributed by atoms with Gasteiger partial charge in [-0.1, -0.05) is 19.9 Å². The smallest absolute Gasteiger partial charge is 0.348 e. The predicted molar refractivity (Wildman–Crippen MR) is 104 cm³/mol. The van der Waals surface area contributed by atoms with Crippen LogP contribution < -0.4 is 5.32 Å². The van der Waals surface area contributed by atoms with Gasteiger partial charge in [0, 0.05) is 17.8 Å². The maximum Gasteiger partial charge on any atom is 0.348 e. The van der Waals surface area contributed by atoms with Gasteiger partial charge in [0.15, 0.2) is 0 Å². The number of aromatic nitrogens is 2. The van der Waals surface area contributed by atoms with E-state index in [2.05, 4.69) is 15.3 Å². The lowest BCUT2D eigenvalue weighted by atomic mass is 10.2. The van der Waals surface area contributed by atoms with E-state index in [0.717, 1.165) is 5.56 Å². The molecule has 140 valence electrons. The van der Waals surface area contributed by atoms with Gasteiger partial charge in [0.25, 0.3) is 5.69 Å². The molecule has 1 N–H and O–H groups in total. The number of fused-ring (bicyclic) bond motifs is 1. The topological polar surface area (TPSA) is 107 Å². The largest absolute Gasteiger partial charge is 0.461 e. The minimum Gasteiger partial charge on any atom is -0.461 e. The minimum atomic E-state index is -0.459. The van der Waals surface area contributed by atoms with E-state index in [0.29, 0.717) is 33.2 Å². The fraction of sp³-hybridized carbons (Fsp3) is 0.278. The van der Waals surface area contributed by atoms with Gasteiger partial charge in [0.2, 0.25) is 0 Å². The number of anilines is 2. The Balaban J connectivity index is 1.96. The van der Waals surface area contributed by atoms with E-state index in [9.17, 15) is 14.9 Å². The maximum atomic E-state index is 12.4. The molecule has 0 unspecified atom stereocenters. The lowest BCUT2D eigenvalue weighted by molar-refractivity contribution is -0.384. The normalized spacial score (nSPS) is 11.0. The van der Waals surface area contributed by atoms with Crippen LogP contribution in [-0.4, -0.2) is 27.5 Å². The molecule has 2 aromatic heterocycles. The molecule has 3 rings (SSSR count). The lowest BCUT2D eigenvalue weighted by Gasteiger charge is -2.08. The molecule has 9 heteroatoms. The van der Waals surface area contributed by atoms with Crippen molar-refractivity contribution in [2.24, 2.45) is 5.92 Å². The van der Waals surface area contributed by atoms with Gasteiger partial charge >= 0.3 is 5.97 Å². The van der Waals surface area contributed by atoms with E-state index < -0.39 is 4.92 Å². The van der Waals surface area contributed by atoms with Crippen molar-refractivity contribution in [1.82, 2.24) is 9.97 Å². The zero-order valence-corrected chi connectivity index (χ0v) is 15.9. The Kier molecular flexibility index (Phi) is 5.31. The number of thiophene rings is 1. The first-order valence-corrected chi connectivity index (χ1v) is 9.11. The van der Waals surface area contributed by atoms with E-state index in [-0.39, 0.29) is 17.6 Å². The molecule has 27 heavy (non-hydrogen) atoms. The third-order valence-corrected chi connectivity index (χ3v) is 4.96. The standard InChI is InChI=1S/C18H18N4O4S/c1-10(2)8-26-18(23)15-11(3)14-16(19-9-20-17(14)27-15)21-12-5-4-6-13(7-12)22(24)25/h4-7,9-10H,8H2,1-3H3,(H,19,20,21). The van der Waals surface area contributed by atoms with Gasteiger partial charge in [-0.05, 0) is 24.5 Å². The maximum absolute atomic E-state index is 12.4. The summed E-state index contributed by atoms with van der Waals surface area (Å²) in [4.78, 5) is 32.5. The molecule has 0 radical (unpaired) electrons. The number of carbonyl (C=O) groups is 1. The number of ether oxygens (including phenoxy) is 1. The van der Waals surface area contributed by atoms with Gasteiger partial charge in [-0.25, -0.2) is 14.8 Å². The van der Waals surface area contributed by atoms with Crippen LogP contribution in [0.5, 0.6) is 0 Å². The predicted octanol–water partition coefficient (Wildman–Crippen LogP) is 4.46. The van der Waals surface area contributed by atoms with Gasteiger partial charge in [-0.3, -0.25) is 10.1 Å². The quantitative estimate of drug-likeness (QED) is 0.378. The summed E-state index contributed by atoms with van der Waals surface area (Å²) in [5.41, 5.74) is 1.22. The molecular formula is C18H18N4O4S. The van der Waals surface area contributed by atoms with E-state index in [1.54, 1.807) is 12.1 Å². The average molecular weight is 386 g/mol. The van der Waals surface area contributed by atoms with E-state index in [4.69, 9.17) is 4.74 Å². The number of hydrogen-bond acceptors (Lipinski definition) is 8. The molecule has 0 aliphatic heterocycles. The molecule has 0 fully saturated rings. The molecule has 0 aliphatic rings. The van der Waals surface area contributed by atoms with Crippen molar-refractivity contribution in [3.63, 3.8) is 0 Å². The number of nitrogens with one attached hydrogen (secondary N) is 1. The summed E-state index contributed by atoms with van der Waals surface area (Å²) in [6.45, 7) is 6.10. The molecule has 0 aliphatic carbocycles. The van der Waals surface area contributed by atoms with Crippen molar-refractivity contribution in [2.45, 2.75) is 20.8 Å². The summed E-state index contributed by atoms with van der Waals surface area (Å²) in [7, 11) is 0. The Hall–Kier alpha value is -3.07. The highest BCUT2D eigenvalue weighted by molar-refractivity contribution is 7.20. The van der Waals surface area contributed by atoms with Crippen LogP contribution >= 0.6 is 11.3 Å². The number of nitro groups is 1. The van der Waals surface area contributed by atoms with Crippen molar-refractivity contribution < 1.29 is 14.5 Å². The number of nitrogens with zero attached hydrogens (tertiary/aromatic N) is 3. The Bertz CT molecular complexity index is 1020. The third kappa shape index (κ3) is 4.03. The van der Waals surface area contributed by atoms with Crippen LogP contribution in [-0.2, 0) is 4.74 Å². The first-order valence-electron chi connectivity index (χ1n) is 8.29. The van der Waals surface area contributed by atoms with Crippen molar-refractivity contribution in [3.05, 3.63) is 51.1 Å². The summed E-state index contributed by atoms with van der Waals surface area (Å²) in [6.07, 6.45) is 1.39. The number of nitro benzene ring substituents is 1. The van der Waals surface area contributed by atoms with Crippen LogP contribution in [0.25, 0.3) is 10.2 Å². The number of benzene rings is 1. The molecule has 3 aromatic rings. The minimum absolute atomic E-state index is 0.0229. The highest BCUT2D eigenvalue weighted by Crippen LogP contribution is 2.35. The number of rotatable bonds is 6. The third-order valence-electron chi connectivity index (χ3n) is 3.78. The van der Waals surface area contributed by atoms with Crippen LogP contribution in [0, 0.1) is 23.0 Å². The van der Waals surface area contributed by atoms with E-state index >= 15 is 0 Å². The van der Waals surface area contributed by atoms with E-state index in [1.165, 1.54) is 29.8 Å². The SMILES string of the molecule is Cc1c(C(=O)OCC(C)C)sc2ncnc(Nc3cccc([N+](=O)[O-])c3)c12. The summed E-state index contributed by atoms with van der Waals surface area (Å²) < 4.78 is 5.33. The summed E-state index contributed by atoms with van der Waals surface area (Å²) in [5.74, 6) is 0.345. The second kappa shape index (κ2) is 7.67. The summed E-state index contributed by atoms with van der Waals surface area (Å²) in [5, 5.41) is 14.7. The van der Waals surface area contributed by atoms with Gasteiger partial charge < -0.3 is 10.1 Å².